The Kier molecular flexibility index (Phi) is 4.97. The van der Waals surface area contributed by atoms with E-state index in [0.29, 0.717) is 12.1 Å². The molecule has 1 aliphatic rings. The molecule has 0 bridgehead atoms. The van der Waals surface area contributed by atoms with Crippen molar-refractivity contribution in [3.05, 3.63) is 72.6 Å². The van der Waals surface area contributed by atoms with Gasteiger partial charge in [-0.25, -0.2) is 4.68 Å². The molecule has 2 atom stereocenters. The number of rotatable bonds is 5. The van der Waals surface area contributed by atoms with Crippen LogP contribution in [0.5, 0.6) is 11.5 Å². The summed E-state index contributed by atoms with van der Waals surface area (Å²) in [6.45, 7) is 4.40. The molecule has 0 aliphatic carbocycles. The van der Waals surface area contributed by atoms with E-state index in [0.717, 1.165) is 31.0 Å². The first-order valence-corrected chi connectivity index (χ1v) is 9.22. The summed E-state index contributed by atoms with van der Waals surface area (Å²) in [5.41, 5.74) is 1.31. The quantitative estimate of drug-likeness (QED) is 0.682. The second kappa shape index (κ2) is 7.70. The third kappa shape index (κ3) is 3.78. The Balaban J connectivity index is 1.42. The number of benzene rings is 2. The molecule has 5 heteroatoms. The highest BCUT2D eigenvalue weighted by atomic mass is 16.5. The van der Waals surface area contributed by atoms with Gasteiger partial charge in [-0.1, -0.05) is 35.5 Å². The van der Waals surface area contributed by atoms with Gasteiger partial charge in [-0.2, -0.15) is 0 Å². The molecule has 5 nitrogen and oxygen atoms in total. The van der Waals surface area contributed by atoms with E-state index >= 15 is 0 Å². The molecular weight excluding hydrogens is 324 g/mol. The number of likely N-dealkylation sites (tertiary alicyclic amines) is 1. The first-order valence-electron chi connectivity index (χ1n) is 9.22. The van der Waals surface area contributed by atoms with E-state index in [2.05, 4.69) is 46.4 Å². The fourth-order valence-electron chi connectivity index (χ4n) is 3.61. The SMILES string of the molecule is CC(c1ccc(Oc2ccccc2)cc1)N1CCCC(n2ccnn2)C1. The summed E-state index contributed by atoms with van der Waals surface area (Å²) in [5, 5.41) is 8.13. The van der Waals surface area contributed by atoms with Gasteiger partial charge < -0.3 is 4.74 Å². The molecule has 3 aromatic rings. The molecule has 0 spiro atoms. The van der Waals surface area contributed by atoms with E-state index in [1.165, 1.54) is 12.0 Å². The van der Waals surface area contributed by atoms with Crippen LogP contribution in [0.3, 0.4) is 0 Å². The number of para-hydroxylation sites is 1. The highest BCUT2D eigenvalue weighted by Gasteiger charge is 2.25. The minimum atomic E-state index is 0.368. The van der Waals surface area contributed by atoms with Crippen molar-refractivity contribution in [2.24, 2.45) is 0 Å². The Morgan fingerprint density at radius 2 is 1.81 bits per heavy atom. The van der Waals surface area contributed by atoms with Gasteiger partial charge >= 0.3 is 0 Å². The second-order valence-corrected chi connectivity index (χ2v) is 6.83. The van der Waals surface area contributed by atoms with Gasteiger partial charge in [0.2, 0.25) is 0 Å². The Morgan fingerprint density at radius 1 is 1.04 bits per heavy atom. The Bertz CT molecular complexity index is 802. The highest BCUT2D eigenvalue weighted by Crippen LogP contribution is 2.30. The summed E-state index contributed by atoms with van der Waals surface area (Å²) in [6.07, 6.45) is 6.07. The zero-order chi connectivity index (χ0) is 17.8. The summed E-state index contributed by atoms with van der Waals surface area (Å²) in [4.78, 5) is 2.53. The molecule has 0 radical (unpaired) electrons. The molecule has 0 amide bonds. The van der Waals surface area contributed by atoms with E-state index < -0.39 is 0 Å². The minimum absolute atomic E-state index is 0.368. The van der Waals surface area contributed by atoms with Gasteiger partial charge in [0.05, 0.1) is 12.2 Å². The summed E-state index contributed by atoms with van der Waals surface area (Å²) >= 11 is 0. The van der Waals surface area contributed by atoms with Crippen molar-refractivity contribution in [3.8, 4) is 11.5 Å². The summed E-state index contributed by atoms with van der Waals surface area (Å²) < 4.78 is 7.89. The minimum Gasteiger partial charge on any atom is -0.457 e. The lowest BCUT2D eigenvalue weighted by Crippen LogP contribution is -2.38. The van der Waals surface area contributed by atoms with Crippen molar-refractivity contribution >= 4 is 0 Å². The molecule has 1 saturated heterocycles. The smallest absolute Gasteiger partial charge is 0.127 e. The molecule has 134 valence electrons. The lowest BCUT2D eigenvalue weighted by atomic mass is 10.0. The molecule has 2 unspecified atom stereocenters. The summed E-state index contributed by atoms with van der Waals surface area (Å²) in [7, 11) is 0. The number of hydrogen-bond donors (Lipinski definition) is 0. The number of piperidine rings is 1. The predicted octanol–water partition coefficient (Wildman–Crippen LogP) is 4.47. The first-order chi connectivity index (χ1) is 12.8. The van der Waals surface area contributed by atoms with Gasteiger partial charge in [0, 0.05) is 18.8 Å². The van der Waals surface area contributed by atoms with E-state index in [4.69, 9.17) is 4.74 Å². The third-order valence-corrected chi connectivity index (χ3v) is 5.13. The van der Waals surface area contributed by atoms with Gasteiger partial charge in [-0.05, 0) is 56.1 Å². The van der Waals surface area contributed by atoms with Crippen LogP contribution < -0.4 is 4.74 Å². The molecular formula is C21H24N4O. The maximum absolute atomic E-state index is 5.89. The second-order valence-electron chi connectivity index (χ2n) is 6.83. The van der Waals surface area contributed by atoms with E-state index in [9.17, 15) is 0 Å². The number of nitrogens with zero attached hydrogens (tertiary/aromatic N) is 4. The van der Waals surface area contributed by atoms with Crippen LogP contribution in [-0.4, -0.2) is 33.0 Å². The molecule has 0 N–H and O–H groups in total. The molecule has 1 fully saturated rings. The normalized spacial score (nSPS) is 19.2. The fraction of sp³-hybridized carbons (Fsp3) is 0.333. The van der Waals surface area contributed by atoms with Crippen LogP contribution in [0.25, 0.3) is 0 Å². The van der Waals surface area contributed by atoms with E-state index in [1.54, 1.807) is 6.20 Å². The Morgan fingerprint density at radius 3 is 2.54 bits per heavy atom. The number of ether oxygens (including phenoxy) is 1. The van der Waals surface area contributed by atoms with E-state index in [-0.39, 0.29) is 0 Å². The van der Waals surface area contributed by atoms with Crippen molar-refractivity contribution in [1.29, 1.82) is 0 Å². The van der Waals surface area contributed by atoms with Crippen LogP contribution in [0.2, 0.25) is 0 Å². The van der Waals surface area contributed by atoms with Crippen molar-refractivity contribution in [3.63, 3.8) is 0 Å². The van der Waals surface area contributed by atoms with Crippen LogP contribution in [0.1, 0.15) is 37.4 Å². The third-order valence-electron chi connectivity index (χ3n) is 5.13. The van der Waals surface area contributed by atoms with Crippen molar-refractivity contribution in [2.75, 3.05) is 13.1 Å². The Hall–Kier alpha value is -2.66. The summed E-state index contributed by atoms with van der Waals surface area (Å²) in [5.74, 6) is 1.73. The standard InChI is InChI=1S/C21H24N4O/c1-17(24-14-5-6-19(16-24)25-15-13-22-23-25)18-9-11-21(12-10-18)26-20-7-3-2-4-8-20/h2-4,7-13,15,17,19H,5-6,14,16H2,1H3. The van der Waals surface area contributed by atoms with Crippen LogP contribution in [0.4, 0.5) is 0 Å². The molecule has 2 heterocycles. The zero-order valence-corrected chi connectivity index (χ0v) is 15.0. The topological polar surface area (TPSA) is 43.2 Å². The van der Waals surface area contributed by atoms with Gasteiger partial charge in [-0.15, -0.1) is 5.10 Å². The van der Waals surface area contributed by atoms with Gasteiger partial charge in [0.1, 0.15) is 11.5 Å². The molecule has 26 heavy (non-hydrogen) atoms. The molecule has 1 aromatic heterocycles. The van der Waals surface area contributed by atoms with Gasteiger partial charge in [-0.3, -0.25) is 4.90 Å². The van der Waals surface area contributed by atoms with E-state index in [1.807, 2.05) is 41.2 Å². The molecule has 4 rings (SSSR count). The van der Waals surface area contributed by atoms with Gasteiger partial charge in [0.15, 0.2) is 0 Å². The number of aromatic nitrogens is 3. The average Bonchev–Trinajstić information content (AvgIpc) is 3.24. The number of hydrogen-bond acceptors (Lipinski definition) is 4. The van der Waals surface area contributed by atoms with Crippen molar-refractivity contribution in [2.45, 2.75) is 31.8 Å². The highest BCUT2D eigenvalue weighted by molar-refractivity contribution is 5.33. The zero-order valence-electron chi connectivity index (χ0n) is 15.0. The lowest BCUT2D eigenvalue weighted by molar-refractivity contribution is 0.128. The summed E-state index contributed by atoms with van der Waals surface area (Å²) in [6, 6.07) is 19.1. The maximum Gasteiger partial charge on any atom is 0.127 e. The first kappa shape index (κ1) is 16.8. The molecule has 1 aliphatic heterocycles. The lowest BCUT2D eigenvalue weighted by Gasteiger charge is -2.36. The maximum atomic E-state index is 5.89. The van der Waals surface area contributed by atoms with Crippen LogP contribution >= 0.6 is 0 Å². The predicted molar refractivity (Wildman–Crippen MR) is 101 cm³/mol. The van der Waals surface area contributed by atoms with Crippen molar-refractivity contribution in [1.82, 2.24) is 19.9 Å². The van der Waals surface area contributed by atoms with Crippen LogP contribution in [0, 0.1) is 0 Å². The molecule has 2 aromatic carbocycles. The fourth-order valence-corrected chi connectivity index (χ4v) is 3.61. The van der Waals surface area contributed by atoms with Crippen LogP contribution in [-0.2, 0) is 0 Å². The Labute approximate surface area is 154 Å². The molecule has 0 saturated carbocycles. The largest absolute Gasteiger partial charge is 0.457 e. The van der Waals surface area contributed by atoms with Gasteiger partial charge in [0.25, 0.3) is 0 Å². The van der Waals surface area contributed by atoms with Crippen molar-refractivity contribution < 1.29 is 4.74 Å². The monoisotopic (exact) mass is 348 g/mol. The average molecular weight is 348 g/mol. The van der Waals surface area contributed by atoms with Crippen LogP contribution in [0.15, 0.2) is 67.0 Å².